The zero-order valence-electron chi connectivity index (χ0n) is 13.9. The molecular weight excluding hydrogens is 307 g/mol. The van der Waals surface area contributed by atoms with Crippen LogP contribution in [0, 0.1) is 5.82 Å². The van der Waals surface area contributed by atoms with Gasteiger partial charge in [0.25, 0.3) is 0 Å². The van der Waals surface area contributed by atoms with Gasteiger partial charge in [0.2, 0.25) is 5.91 Å². The van der Waals surface area contributed by atoms with Gasteiger partial charge in [-0.05, 0) is 31.2 Å². The van der Waals surface area contributed by atoms with Crippen LogP contribution in [0.3, 0.4) is 0 Å². The van der Waals surface area contributed by atoms with Crippen LogP contribution in [0.4, 0.5) is 15.8 Å². The third-order valence-corrected chi connectivity index (χ3v) is 5.23. The topological polar surface area (TPSA) is 32.8 Å². The number of hydrogen-bond donors (Lipinski definition) is 0. The first-order valence-corrected chi connectivity index (χ1v) is 8.04. The molecule has 2 aliphatic heterocycles. The summed E-state index contributed by atoms with van der Waals surface area (Å²) in [4.78, 5) is 17.2. The lowest BCUT2D eigenvalue weighted by Gasteiger charge is -2.33. The average Bonchev–Trinajstić information content (AvgIpc) is 2.99. The van der Waals surface area contributed by atoms with Crippen molar-refractivity contribution >= 4 is 17.3 Å². The predicted octanol–water partition coefficient (Wildman–Crippen LogP) is 2.90. The number of methoxy groups -OCH3 is 1. The van der Waals surface area contributed by atoms with Crippen molar-refractivity contribution in [2.45, 2.75) is 18.6 Å². The van der Waals surface area contributed by atoms with E-state index in [2.05, 4.69) is 0 Å². The van der Waals surface area contributed by atoms with E-state index >= 15 is 0 Å². The minimum absolute atomic E-state index is 0.0609. The molecule has 4 nitrogen and oxygen atoms in total. The van der Waals surface area contributed by atoms with Gasteiger partial charge in [-0.15, -0.1) is 0 Å². The molecule has 0 saturated carbocycles. The van der Waals surface area contributed by atoms with Crippen molar-refractivity contribution in [1.29, 1.82) is 0 Å². The Kier molecular flexibility index (Phi) is 3.18. The lowest BCUT2D eigenvalue weighted by molar-refractivity contribution is -0.125. The fraction of sp³-hybridized carbons (Fsp3) is 0.316. The highest BCUT2D eigenvalue weighted by atomic mass is 19.1. The number of fused-ring (bicyclic) bond motifs is 4. The van der Waals surface area contributed by atoms with Crippen LogP contribution < -0.4 is 9.80 Å². The average molecular weight is 326 g/mol. The number of para-hydroxylation sites is 1. The first kappa shape index (κ1) is 15.1. The number of benzene rings is 2. The van der Waals surface area contributed by atoms with Gasteiger partial charge in [-0.1, -0.05) is 18.2 Å². The number of rotatable bonds is 2. The maximum atomic E-state index is 14.1. The molecule has 0 N–H and O–H groups in total. The van der Waals surface area contributed by atoms with Gasteiger partial charge in [0.1, 0.15) is 11.2 Å². The lowest BCUT2D eigenvalue weighted by atomic mass is 9.75. The van der Waals surface area contributed by atoms with Gasteiger partial charge in [0, 0.05) is 43.2 Å². The lowest BCUT2D eigenvalue weighted by Crippen LogP contribution is -2.52. The Morgan fingerprint density at radius 2 is 1.92 bits per heavy atom. The highest BCUT2D eigenvalue weighted by Gasteiger charge is 2.62. The molecule has 0 radical (unpaired) electrons. The molecule has 24 heavy (non-hydrogen) atoms. The standard InChI is InChI=1S/C19H19FN2O2/c1-4-22-16-10-9-12(20)11-14(16)19(17(22)23)13-7-5-6-8-15(13)21(2)18(19)24-3/h5-11,18H,4H2,1-3H3/t18-,19?/m1/s1. The van der Waals surface area contributed by atoms with Crippen LogP contribution in [-0.4, -0.2) is 32.8 Å². The Labute approximate surface area is 140 Å². The van der Waals surface area contributed by atoms with Crippen molar-refractivity contribution in [2.75, 3.05) is 30.5 Å². The van der Waals surface area contributed by atoms with Gasteiger partial charge in [-0.2, -0.15) is 0 Å². The van der Waals surface area contributed by atoms with Gasteiger partial charge in [0.15, 0.2) is 6.23 Å². The number of nitrogens with zero attached hydrogens (tertiary/aromatic N) is 2. The van der Waals surface area contributed by atoms with Crippen molar-refractivity contribution in [3.8, 4) is 0 Å². The summed E-state index contributed by atoms with van der Waals surface area (Å²) < 4.78 is 19.8. The van der Waals surface area contributed by atoms with E-state index in [-0.39, 0.29) is 11.7 Å². The van der Waals surface area contributed by atoms with Gasteiger partial charge in [-0.25, -0.2) is 4.39 Å². The normalized spacial score (nSPS) is 24.7. The van der Waals surface area contributed by atoms with E-state index < -0.39 is 11.6 Å². The van der Waals surface area contributed by atoms with Crippen LogP contribution in [0.15, 0.2) is 42.5 Å². The van der Waals surface area contributed by atoms with E-state index in [0.717, 1.165) is 16.9 Å². The summed E-state index contributed by atoms with van der Waals surface area (Å²) in [6.07, 6.45) is -0.514. The molecule has 1 spiro atoms. The molecule has 2 aliphatic rings. The van der Waals surface area contributed by atoms with Crippen LogP contribution in [0.25, 0.3) is 0 Å². The van der Waals surface area contributed by atoms with Crippen LogP contribution in [0.2, 0.25) is 0 Å². The number of carbonyl (C=O) groups is 1. The largest absolute Gasteiger partial charge is 0.360 e. The van der Waals surface area contributed by atoms with E-state index in [1.165, 1.54) is 12.1 Å². The summed E-state index contributed by atoms with van der Waals surface area (Å²) in [5.41, 5.74) is 2.21. The summed E-state index contributed by atoms with van der Waals surface area (Å²) in [6.45, 7) is 2.46. The molecule has 0 bridgehead atoms. The summed E-state index contributed by atoms with van der Waals surface area (Å²) in [5.74, 6) is -0.407. The summed E-state index contributed by atoms with van der Waals surface area (Å²) in [6, 6.07) is 12.3. The second kappa shape index (κ2) is 5.05. The first-order valence-electron chi connectivity index (χ1n) is 8.04. The van der Waals surface area contributed by atoms with Crippen LogP contribution in [0.5, 0.6) is 0 Å². The van der Waals surface area contributed by atoms with Gasteiger partial charge < -0.3 is 14.5 Å². The van der Waals surface area contributed by atoms with Crippen molar-refractivity contribution in [3.05, 3.63) is 59.4 Å². The van der Waals surface area contributed by atoms with Crippen LogP contribution in [0.1, 0.15) is 18.1 Å². The molecule has 4 rings (SSSR count). The number of anilines is 2. The second-order valence-electron chi connectivity index (χ2n) is 6.24. The number of likely N-dealkylation sites (N-methyl/N-ethyl adjacent to an activating group) is 2. The first-order chi connectivity index (χ1) is 11.6. The molecule has 5 heteroatoms. The van der Waals surface area contributed by atoms with E-state index in [4.69, 9.17) is 4.74 Å². The maximum absolute atomic E-state index is 14.1. The third kappa shape index (κ3) is 1.58. The Morgan fingerprint density at radius 3 is 2.62 bits per heavy atom. The molecule has 2 aromatic carbocycles. The number of amides is 1. The number of carbonyl (C=O) groups excluding carboxylic acids is 1. The SMILES string of the molecule is CCN1C(=O)C2(c3cc(F)ccc31)c1ccccc1N(C)[C@@H]2OC. The Morgan fingerprint density at radius 1 is 1.17 bits per heavy atom. The highest BCUT2D eigenvalue weighted by Crippen LogP contribution is 2.56. The zero-order valence-corrected chi connectivity index (χ0v) is 13.9. The molecule has 124 valence electrons. The van der Waals surface area contributed by atoms with E-state index in [1.807, 2.05) is 43.1 Å². The number of hydrogen-bond acceptors (Lipinski definition) is 3. The minimum atomic E-state index is -1.03. The van der Waals surface area contributed by atoms with Gasteiger partial charge in [0.05, 0.1) is 0 Å². The molecule has 2 aromatic rings. The Hall–Kier alpha value is -2.40. The molecule has 0 aromatic heterocycles. The Bertz CT molecular complexity index is 838. The van der Waals surface area contributed by atoms with Crippen molar-refractivity contribution < 1.29 is 13.9 Å². The molecule has 2 atom stereocenters. The number of halogens is 1. The third-order valence-electron chi connectivity index (χ3n) is 5.23. The molecular formula is C19H19FN2O2. The van der Waals surface area contributed by atoms with Crippen LogP contribution >= 0.6 is 0 Å². The molecule has 0 fully saturated rings. The molecule has 1 amide bonds. The fourth-order valence-corrected chi connectivity index (χ4v) is 4.31. The van der Waals surface area contributed by atoms with E-state index in [0.29, 0.717) is 12.1 Å². The predicted molar refractivity (Wildman–Crippen MR) is 90.8 cm³/mol. The van der Waals surface area contributed by atoms with Gasteiger partial charge >= 0.3 is 0 Å². The molecule has 2 heterocycles. The van der Waals surface area contributed by atoms with Crippen LogP contribution in [-0.2, 0) is 14.9 Å². The molecule has 1 unspecified atom stereocenters. The van der Waals surface area contributed by atoms with E-state index in [9.17, 15) is 9.18 Å². The van der Waals surface area contributed by atoms with Crippen molar-refractivity contribution in [1.82, 2.24) is 0 Å². The summed E-state index contributed by atoms with van der Waals surface area (Å²) >= 11 is 0. The monoisotopic (exact) mass is 326 g/mol. The molecule has 0 saturated heterocycles. The van der Waals surface area contributed by atoms with E-state index in [1.54, 1.807) is 18.1 Å². The minimum Gasteiger partial charge on any atom is -0.360 e. The zero-order chi connectivity index (χ0) is 17.1. The summed E-state index contributed by atoms with van der Waals surface area (Å²) in [5, 5.41) is 0. The maximum Gasteiger partial charge on any atom is 0.246 e. The highest BCUT2D eigenvalue weighted by molar-refractivity contribution is 6.13. The smallest absolute Gasteiger partial charge is 0.246 e. The van der Waals surface area contributed by atoms with Crippen molar-refractivity contribution in [2.24, 2.45) is 0 Å². The Balaban J connectivity index is 2.10. The van der Waals surface area contributed by atoms with Crippen molar-refractivity contribution in [3.63, 3.8) is 0 Å². The quantitative estimate of drug-likeness (QED) is 0.851. The van der Waals surface area contributed by atoms with Gasteiger partial charge in [-0.3, -0.25) is 4.79 Å². The second-order valence-corrected chi connectivity index (χ2v) is 6.24. The fourth-order valence-electron chi connectivity index (χ4n) is 4.31. The summed E-state index contributed by atoms with van der Waals surface area (Å²) in [7, 11) is 3.50. The molecule has 0 aliphatic carbocycles. The number of ether oxygens (including phenoxy) is 1.